The van der Waals surface area contributed by atoms with Crippen LogP contribution < -0.4 is 4.74 Å². The van der Waals surface area contributed by atoms with Crippen LogP contribution in [0.25, 0.3) is 0 Å². The summed E-state index contributed by atoms with van der Waals surface area (Å²) in [7, 11) is 0. The normalized spacial score (nSPS) is 11.3. The van der Waals surface area contributed by atoms with Crippen LogP contribution in [0.4, 0.5) is 30.7 Å². The van der Waals surface area contributed by atoms with Gasteiger partial charge >= 0.3 is 5.97 Å². The Labute approximate surface area is 207 Å². The molecular formula is C27H16F7NO2. The Morgan fingerprint density at radius 3 is 1.89 bits per heavy atom. The Balaban J connectivity index is 1.85. The maximum Gasteiger partial charge on any atom is 0.349 e. The molecule has 0 spiro atoms. The highest BCUT2D eigenvalue weighted by atomic mass is 19.2. The van der Waals surface area contributed by atoms with Crippen LogP contribution in [0.15, 0.2) is 36.4 Å². The molecule has 3 nitrogen and oxygen atoms in total. The maximum atomic E-state index is 14.5. The van der Waals surface area contributed by atoms with Gasteiger partial charge < -0.3 is 4.74 Å². The Hall–Kier alpha value is -4.31. The average molecular weight is 519 g/mol. The predicted octanol–water partition coefficient (Wildman–Crippen LogP) is 7.21. The molecule has 3 aromatic rings. The predicted molar refractivity (Wildman–Crippen MR) is 118 cm³/mol. The van der Waals surface area contributed by atoms with Gasteiger partial charge in [0.05, 0.1) is 5.56 Å². The van der Waals surface area contributed by atoms with Crippen molar-refractivity contribution in [2.45, 2.75) is 32.4 Å². The summed E-state index contributed by atoms with van der Waals surface area (Å²) in [6.07, 6.45) is -0.263. The second-order valence-corrected chi connectivity index (χ2v) is 7.80. The van der Waals surface area contributed by atoms with Crippen molar-refractivity contribution in [1.29, 1.82) is 5.26 Å². The van der Waals surface area contributed by atoms with E-state index in [1.54, 1.807) is 0 Å². The number of nitriles is 1. The molecule has 37 heavy (non-hydrogen) atoms. The number of esters is 1. The zero-order valence-corrected chi connectivity index (χ0v) is 19.1. The molecule has 0 heterocycles. The largest absolute Gasteiger partial charge is 0.423 e. The second-order valence-electron chi connectivity index (χ2n) is 7.80. The zero-order chi connectivity index (χ0) is 27.3. The molecule has 0 bridgehead atoms. The molecule has 1 atom stereocenters. The highest BCUT2D eigenvalue weighted by molar-refractivity contribution is 5.91. The molecule has 0 N–H and O–H groups in total. The van der Waals surface area contributed by atoms with Crippen LogP contribution in [-0.4, -0.2) is 5.97 Å². The SMILES string of the molecule is CCCCC(F)c1cc(F)c(C#Cc2cc(F)c(C(=O)Oc3cc(F)c(C#N)c(F)c3)c(F)c2)c(F)c1. The van der Waals surface area contributed by atoms with Crippen LogP contribution in [0.2, 0.25) is 0 Å². The molecule has 3 aromatic carbocycles. The molecule has 0 fully saturated rings. The van der Waals surface area contributed by atoms with Crippen LogP contribution >= 0.6 is 0 Å². The fourth-order valence-electron chi connectivity index (χ4n) is 3.29. The molecule has 10 heteroatoms. The lowest BCUT2D eigenvalue weighted by Gasteiger charge is -2.09. The number of alkyl halides is 1. The summed E-state index contributed by atoms with van der Waals surface area (Å²) in [6.45, 7) is 1.84. The van der Waals surface area contributed by atoms with Gasteiger partial charge in [0, 0.05) is 17.7 Å². The van der Waals surface area contributed by atoms with Gasteiger partial charge in [0.2, 0.25) is 0 Å². The molecule has 1 unspecified atom stereocenters. The summed E-state index contributed by atoms with van der Waals surface area (Å²) in [6, 6.07) is 4.98. The third kappa shape index (κ3) is 6.28. The number of carbonyl (C=O) groups is 1. The molecule has 190 valence electrons. The number of hydrogen-bond donors (Lipinski definition) is 0. The van der Waals surface area contributed by atoms with Gasteiger partial charge in [-0.15, -0.1) is 0 Å². The van der Waals surface area contributed by atoms with Crippen LogP contribution in [0.1, 0.15) is 65.0 Å². The molecule has 0 aliphatic carbocycles. The first-order chi connectivity index (χ1) is 17.5. The van der Waals surface area contributed by atoms with Crippen molar-refractivity contribution in [1.82, 2.24) is 0 Å². The van der Waals surface area contributed by atoms with E-state index in [2.05, 4.69) is 16.6 Å². The van der Waals surface area contributed by atoms with E-state index < -0.39 is 75.0 Å². The van der Waals surface area contributed by atoms with E-state index in [4.69, 9.17) is 5.26 Å². The first-order valence-corrected chi connectivity index (χ1v) is 10.8. The molecule has 0 saturated carbocycles. The van der Waals surface area contributed by atoms with Crippen molar-refractivity contribution in [2.24, 2.45) is 0 Å². The minimum absolute atomic E-state index is 0.0861. The summed E-state index contributed by atoms with van der Waals surface area (Å²) in [5.74, 6) is -6.12. The van der Waals surface area contributed by atoms with E-state index >= 15 is 0 Å². The lowest BCUT2D eigenvalue weighted by atomic mass is 10.0. The average Bonchev–Trinajstić information content (AvgIpc) is 2.81. The maximum absolute atomic E-state index is 14.5. The number of rotatable bonds is 6. The van der Waals surface area contributed by atoms with Gasteiger partial charge in [-0.1, -0.05) is 31.6 Å². The van der Waals surface area contributed by atoms with Gasteiger partial charge in [0.15, 0.2) is 0 Å². The molecule has 0 radical (unpaired) electrons. The summed E-state index contributed by atoms with van der Waals surface area (Å²) in [5.41, 5.74) is -3.52. The Morgan fingerprint density at radius 1 is 0.838 bits per heavy atom. The van der Waals surface area contributed by atoms with Crippen LogP contribution in [-0.2, 0) is 0 Å². The highest BCUT2D eigenvalue weighted by Gasteiger charge is 2.22. The van der Waals surface area contributed by atoms with Gasteiger partial charge in [-0.25, -0.2) is 35.5 Å². The fraction of sp³-hybridized carbons (Fsp3) is 0.185. The van der Waals surface area contributed by atoms with Crippen molar-refractivity contribution >= 4 is 5.97 Å². The third-order valence-corrected chi connectivity index (χ3v) is 5.15. The highest BCUT2D eigenvalue weighted by Crippen LogP contribution is 2.27. The second kappa shape index (κ2) is 11.6. The van der Waals surface area contributed by atoms with Gasteiger partial charge in [0.25, 0.3) is 0 Å². The van der Waals surface area contributed by atoms with E-state index in [0.29, 0.717) is 37.1 Å². The van der Waals surface area contributed by atoms with Crippen molar-refractivity contribution in [3.8, 4) is 23.7 Å². The van der Waals surface area contributed by atoms with Crippen LogP contribution in [0.3, 0.4) is 0 Å². The topological polar surface area (TPSA) is 50.1 Å². The number of halogens is 7. The molecule has 0 saturated heterocycles. The third-order valence-electron chi connectivity index (χ3n) is 5.15. The minimum atomic E-state index is -1.64. The van der Waals surface area contributed by atoms with Gasteiger partial charge in [-0.2, -0.15) is 5.26 Å². The summed E-state index contributed by atoms with van der Waals surface area (Å²) < 4.78 is 104. The van der Waals surface area contributed by atoms with Gasteiger partial charge in [-0.05, 0) is 36.2 Å². The van der Waals surface area contributed by atoms with Crippen molar-refractivity contribution in [2.75, 3.05) is 0 Å². The molecule has 0 aliphatic heterocycles. The van der Waals surface area contributed by atoms with E-state index in [1.165, 1.54) is 6.07 Å². The lowest BCUT2D eigenvalue weighted by molar-refractivity contribution is 0.0723. The Bertz CT molecular complexity index is 1400. The fourth-order valence-corrected chi connectivity index (χ4v) is 3.29. The van der Waals surface area contributed by atoms with E-state index in [9.17, 15) is 35.5 Å². The molecule has 0 aliphatic rings. The van der Waals surface area contributed by atoms with E-state index in [0.717, 1.165) is 12.1 Å². The molecule has 0 aromatic heterocycles. The number of carbonyl (C=O) groups excluding carboxylic acids is 1. The minimum Gasteiger partial charge on any atom is -0.423 e. The van der Waals surface area contributed by atoms with Gasteiger partial charge in [-0.3, -0.25) is 0 Å². The lowest BCUT2D eigenvalue weighted by Crippen LogP contribution is -2.14. The Morgan fingerprint density at radius 2 is 1.38 bits per heavy atom. The Kier molecular flexibility index (Phi) is 8.56. The monoisotopic (exact) mass is 519 g/mol. The number of benzene rings is 3. The van der Waals surface area contributed by atoms with Crippen LogP contribution in [0, 0.1) is 58.1 Å². The van der Waals surface area contributed by atoms with E-state index in [1.807, 2.05) is 6.92 Å². The first kappa shape index (κ1) is 27.3. The van der Waals surface area contributed by atoms with E-state index in [-0.39, 0.29) is 12.0 Å². The summed E-state index contributed by atoms with van der Waals surface area (Å²) in [4.78, 5) is 12.2. The van der Waals surface area contributed by atoms with Crippen LogP contribution in [0.5, 0.6) is 5.75 Å². The number of nitrogens with zero attached hydrogens (tertiary/aromatic N) is 1. The first-order valence-electron chi connectivity index (χ1n) is 10.8. The number of unbranched alkanes of at least 4 members (excludes halogenated alkanes) is 1. The number of hydrogen-bond acceptors (Lipinski definition) is 3. The number of ether oxygens (including phenoxy) is 1. The van der Waals surface area contributed by atoms with Crippen molar-refractivity contribution in [3.05, 3.63) is 99.1 Å². The summed E-state index contributed by atoms with van der Waals surface area (Å²) in [5, 5.41) is 8.65. The van der Waals surface area contributed by atoms with Gasteiger partial charge in [0.1, 0.15) is 64.0 Å². The van der Waals surface area contributed by atoms with Crippen molar-refractivity contribution in [3.63, 3.8) is 0 Å². The van der Waals surface area contributed by atoms with Crippen molar-refractivity contribution < 1.29 is 40.3 Å². The standard InChI is InChI=1S/C27H16F7NO2/c1-2-3-4-19(28)15-9-20(29)17(21(30)10-15)6-5-14-7-24(33)26(25(34)8-14)27(36)37-16-11-22(31)18(13-35)23(32)12-16/h7-12,19H,2-4H2,1H3. The molecule has 0 amide bonds. The summed E-state index contributed by atoms with van der Waals surface area (Å²) >= 11 is 0. The quantitative estimate of drug-likeness (QED) is 0.150. The molecule has 3 rings (SSSR count). The zero-order valence-electron chi connectivity index (χ0n) is 19.1. The smallest absolute Gasteiger partial charge is 0.349 e. The molecular weight excluding hydrogens is 503 g/mol.